The van der Waals surface area contributed by atoms with Gasteiger partial charge < -0.3 is 10.6 Å². The van der Waals surface area contributed by atoms with Crippen molar-refractivity contribution in [3.63, 3.8) is 0 Å². The monoisotopic (exact) mass is 292 g/mol. The third-order valence-electron chi connectivity index (χ3n) is 6.29. The van der Waals surface area contributed by atoms with Crippen molar-refractivity contribution >= 4 is 5.91 Å². The van der Waals surface area contributed by atoms with E-state index in [1.165, 1.54) is 38.5 Å². The van der Waals surface area contributed by atoms with E-state index < -0.39 is 0 Å². The molecule has 4 aliphatic carbocycles. The second-order valence-corrected chi connectivity index (χ2v) is 8.43. The van der Waals surface area contributed by atoms with E-state index in [1.54, 1.807) is 0 Å². The fourth-order valence-corrected chi connectivity index (χ4v) is 5.65. The highest BCUT2D eigenvalue weighted by molar-refractivity contribution is 5.76. The van der Waals surface area contributed by atoms with E-state index >= 15 is 0 Å². The second-order valence-electron chi connectivity index (χ2n) is 8.43. The first-order valence-corrected chi connectivity index (χ1v) is 8.99. The lowest BCUT2D eigenvalue weighted by Crippen LogP contribution is -2.56. The molecule has 4 aliphatic rings. The summed E-state index contributed by atoms with van der Waals surface area (Å²) >= 11 is 0. The van der Waals surface area contributed by atoms with Gasteiger partial charge in [0.1, 0.15) is 0 Å². The van der Waals surface area contributed by atoms with Crippen molar-refractivity contribution in [1.29, 1.82) is 0 Å². The Morgan fingerprint density at radius 1 is 1.05 bits per heavy atom. The minimum absolute atomic E-state index is 0.228. The van der Waals surface area contributed by atoms with Crippen molar-refractivity contribution in [2.45, 2.75) is 77.8 Å². The van der Waals surface area contributed by atoms with Gasteiger partial charge in [0.05, 0.1) is 0 Å². The van der Waals surface area contributed by atoms with Crippen LogP contribution in [0.3, 0.4) is 0 Å². The highest BCUT2D eigenvalue weighted by Gasteiger charge is 2.53. The summed E-state index contributed by atoms with van der Waals surface area (Å²) in [6, 6.07) is 0.816. The Labute approximate surface area is 129 Å². The molecule has 0 heterocycles. The summed E-state index contributed by atoms with van der Waals surface area (Å²) in [6.45, 7) is 7.30. The smallest absolute Gasteiger partial charge is 0.221 e. The van der Waals surface area contributed by atoms with Crippen LogP contribution in [-0.4, -0.2) is 24.5 Å². The lowest BCUT2D eigenvalue weighted by molar-refractivity contribution is -0.125. The Morgan fingerprint density at radius 2 is 1.57 bits per heavy atom. The van der Waals surface area contributed by atoms with Crippen LogP contribution in [0.15, 0.2) is 0 Å². The molecule has 0 saturated heterocycles. The minimum atomic E-state index is 0.228. The number of nitrogens with one attached hydrogen (secondary N) is 2. The van der Waals surface area contributed by atoms with Gasteiger partial charge in [0.2, 0.25) is 5.91 Å². The van der Waals surface area contributed by atoms with Gasteiger partial charge in [0, 0.05) is 25.0 Å². The first kappa shape index (κ1) is 15.3. The molecule has 0 aromatic heterocycles. The molecule has 4 fully saturated rings. The Balaban J connectivity index is 1.53. The standard InChI is InChI=1S/C18H32N2O/c1-12(2)19-5-4-17(21)20-13(3)18-9-14-6-15(10-18)8-16(7-14)11-18/h12-16,19H,4-11H2,1-3H3,(H,20,21). The van der Waals surface area contributed by atoms with E-state index in [2.05, 4.69) is 31.4 Å². The molecule has 0 radical (unpaired) electrons. The van der Waals surface area contributed by atoms with Gasteiger partial charge in [0.25, 0.3) is 0 Å². The molecule has 0 aromatic rings. The Bertz CT molecular complexity index is 355. The first-order chi connectivity index (χ1) is 9.97. The summed E-state index contributed by atoms with van der Waals surface area (Å²) in [5, 5.41) is 6.66. The van der Waals surface area contributed by atoms with Crippen molar-refractivity contribution in [3.8, 4) is 0 Å². The molecule has 120 valence electrons. The van der Waals surface area contributed by atoms with Crippen molar-refractivity contribution in [1.82, 2.24) is 10.6 Å². The van der Waals surface area contributed by atoms with Crippen molar-refractivity contribution in [2.24, 2.45) is 23.2 Å². The molecule has 0 spiro atoms. The second kappa shape index (κ2) is 5.91. The molecule has 3 nitrogen and oxygen atoms in total. The third-order valence-corrected chi connectivity index (χ3v) is 6.29. The lowest BCUT2D eigenvalue weighted by Gasteiger charge is -2.59. The summed E-state index contributed by atoms with van der Waals surface area (Å²) in [7, 11) is 0. The zero-order chi connectivity index (χ0) is 15.0. The normalized spacial score (nSPS) is 38.8. The Hall–Kier alpha value is -0.570. The van der Waals surface area contributed by atoms with Crippen LogP contribution in [-0.2, 0) is 4.79 Å². The van der Waals surface area contributed by atoms with Crippen molar-refractivity contribution < 1.29 is 4.79 Å². The van der Waals surface area contributed by atoms with Crippen LogP contribution >= 0.6 is 0 Å². The fraction of sp³-hybridized carbons (Fsp3) is 0.944. The van der Waals surface area contributed by atoms with E-state index in [9.17, 15) is 4.79 Å². The van der Waals surface area contributed by atoms with Gasteiger partial charge in [-0.3, -0.25) is 4.79 Å². The van der Waals surface area contributed by atoms with Gasteiger partial charge in [0.15, 0.2) is 0 Å². The number of carbonyl (C=O) groups is 1. The average molecular weight is 292 g/mol. The molecule has 1 unspecified atom stereocenters. The quantitative estimate of drug-likeness (QED) is 0.790. The maximum atomic E-state index is 12.2. The SMILES string of the molecule is CC(C)NCCC(=O)NC(C)C12CC3CC(CC(C3)C1)C2. The van der Waals surface area contributed by atoms with Gasteiger partial charge in [-0.1, -0.05) is 13.8 Å². The summed E-state index contributed by atoms with van der Waals surface area (Å²) in [6.07, 6.45) is 9.11. The van der Waals surface area contributed by atoms with E-state index in [0.29, 0.717) is 23.9 Å². The Kier molecular flexibility index (Phi) is 4.31. The number of rotatable bonds is 6. The molecule has 21 heavy (non-hydrogen) atoms. The van der Waals surface area contributed by atoms with Crippen molar-refractivity contribution in [3.05, 3.63) is 0 Å². The van der Waals surface area contributed by atoms with Crippen LogP contribution in [0.4, 0.5) is 0 Å². The van der Waals surface area contributed by atoms with E-state index in [0.717, 1.165) is 24.3 Å². The molecule has 3 heteroatoms. The number of hydrogen-bond acceptors (Lipinski definition) is 2. The Morgan fingerprint density at radius 3 is 2.05 bits per heavy atom. The number of hydrogen-bond donors (Lipinski definition) is 2. The summed E-state index contributed by atoms with van der Waals surface area (Å²) < 4.78 is 0. The molecule has 4 saturated carbocycles. The maximum absolute atomic E-state index is 12.2. The van der Waals surface area contributed by atoms with E-state index in [1.807, 2.05) is 0 Å². The molecule has 4 bridgehead atoms. The van der Waals surface area contributed by atoms with Crippen LogP contribution in [0.5, 0.6) is 0 Å². The molecule has 1 atom stereocenters. The summed E-state index contributed by atoms with van der Waals surface area (Å²) in [5.74, 6) is 3.10. The highest BCUT2D eigenvalue weighted by Crippen LogP contribution is 2.61. The fourth-order valence-electron chi connectivity index (χ4n) is 5.65. The topological polar surface area (TPSA) is 41.1 Å². The van der Waals surface area contributed by atoms with Crippen LogP contribution in [0.1, 0.15) is 65.7 Å². The summed E-state index contributed by atoms with van der Waals surface area (Å²) in [4.78, 5) is 12.2. The summed E-state index contributed by atoms with van der Waals surface area (Å²) in [5.41, 5.74) is 0.426. The predicted molar refractivity (Wildman–Crippen MR) is 86.0 cm³/mol. The zero-order valence-corrected chi connectivity index (χ0v) is 14.0. The van der Waals surface area contributed by atoms with E-state index in [4.69, 9.17) is 0 Å². The molecule has 1 amide bonds. The molecular formula is C18H32N2O. The number of carbonyl (C=O) groups excluding carboxylic acids is 1. The molecule has 0 aliphatic heterocycles. The third kappa shape index (κ3) is 3.28. The maximum Gasteiger partial charge on any atom is 0.221 e. The van der Waals surface area contributed by atoms with Crippen LogP contribution < -0.4 is 10.6 Å². The largest absolute Gasteiger partial charge is 0.353 e. The highest BCUT2D eigenvalue weighted by atomic mass is 16.1. The minimum Gasteiger partial charge on any atom is -0.353 e. The first-order valence-electron chi connectivity index (χ1n) is 8.99. The van der Waals surface area contributed by atoms with Crippen LogP contribution in [0.25, 0.3) is 0 Å². The lowest BCUT2D eigenvalue weighted by atomic mass is 9.48. The van der Waals surface area contributed by atoms with Gasteiger partial charge in [-0.2, -0.15) is 0 Å². The average Bonchev–Trinajstić information content (AvgIpc) is 2.36. The molecule has 0 aromatic carbocycles. The van der Waals surface area contributed by atoms with Crippen molar-refractivity contribution in [2.75, 3.05) is 6.54 Å². The zero-order valence-electron chi connectivity index (χ0n) is 14.0. The number of amides is 1. The van der Waals surface area contributed by atoms with E-state index in [-0.39, 0.29) is 5.91 Å². The van der Waals surface area contributed by atoms with Gasteiger partial charge in [-0.25, -0.2) is 0 Å². The van der Waals surface area contributed by atoms with Crippen LogP contribution in [0.2, 0.25) is 0 Å². The molecular weight excluding hydrogens is 260 g/mol. The molecule has 4 rings (SSSR count). The van der Waals surface area contributed by atoms with Gasteiger partial charge in [-0.05, 0) is 68.6 Å². The molecule has 2 N–H and O–H groups in total. The van der Waals surface area contributed by atoms with Crippen LogP contribution in [0, 0.1) is 23.2 Å². The predicted octanol–water partition coefficient (Wildman–Crippen LogP) is 3.10. The van der Waals surface area contributed by atoms with Gasteiger partial charge >= 0.3 is 0 Å². The van der Waals surface area contributed by atoms with Gasteiger partial charge in [-0.15, -0.1) is 0 Å².